The van der Waals surface area contributed by atoms with Crippen LogP contribution in [0.2, 0.25) is 0 Å². The molecule has 0 aliphatic carbocycles. The van der Waals surface area contributed by atoms with Gasteiger partial charge in [-0.25, -0.2) is 4.90 Å². The Hall–Kier alpha value is -3.07. The molecule has 6 nitrogen and oxygen atoms in total. The quantitative estimate of drug-likeness (QED) is 0.771. The number of amides is 2. The van der Waals surface area contributed by atoms with Crippen LogP contribution < -0.4 is 15.1 Å². The summed E-state index contributed by atoms with van der Waals surface area (Å²) in [6, 6.07) is 10.8. The fourth-order valence-corrected chi connectivity index (χ4v) is 3.61. The first kappa shape index (κ1) is 20.2. The molecule has 0 saturated carbocycles. The lowest BCUT2D eigenvalue weighted by Gasteiger charge is -2.29. The normalized spacial score (nSPS) is 20.0. The molecule has 2 amide bonds. The van der Waals surface area contributed by atoms with Gasteiger partial charge in [0.25, 0.3) is 5.91 Å². The number of halogens is 3. The van der Waals surface area contributed by atoms with Crippen molar-refractivity contribution >= 4 is 28.9 Å². The monoisotopic (exact) mass is 419 g/mol. The minimum atomic E-state index is -4.48. The Kier molecular flexibility index (Phi) is 5.38. The molecule has 2 saturated heterocycles. The van der Waals surface area contributed by atoms with E-state index in [9.17, 15) is 22.8 Å². The molecule has 30 heavy (non-hydrogen) atoms. The summed E-state index contributed by atoms with van der Waals surface area (Å²) in [6.45, 7) is 2.98. The molecule has 2 aromatic carbocycles. The van der Waals surface area contributed by atoms with E-state index in [-0.39, 0.29) is 12.1 Å². The highest BCUT2D eigenvalue weighted by Crippen LogP contribution is 2.32. The van der Waals surface area contributed by atoms with Crippen molar-refractivity contribution in [2.45, 2.75) is 18.6 Å². The summed E-state index contributed by atoms with van der Waals surface area (Å²) in [5.74, 6) is -0.945. The van der Waals surface area contributed by atoms with Crippen LogP contribution in [0.15, 0.2) is 48.5 Å². The first-order valence-corrected chi connectivity index (χ1v) is 9.56. The van der Waals surface area contributed by atoms with Crippen molar-refractivity contribution in [1.82, 2.24) is 0 Å². The lowest BCUT2D eigenvalue weighted by atomic mass is 10.2. The standard InChI is InChI=1S/C21H20F3N3O3/c22-21(23,24)14-1-5-17(6-2-14)27-19(28)13-18(20(27)29)25-15-3-7-16(8-4-15)26-9-11-30-12-10-26/h1-8,18,25H,9-13H2. The van der Waals surface area contributed by atoms with Gasteiger partial charge in [-0.05, 0) is 48.5 Å². The van der Waals surface area contributed by atoms with Gasteiger partial charge in [-0.3, -0.25) is 9.59 Å². The first-order chi connectivity index (χ1) is 14.3. The van der Waals surface area contributed by atoms with Crippen molar-refractivity contribution < 1.29 is 27.5 Å². The maximum Gasteiger partial charge on any atom is 0.416 e. The molecule has 2 fully saturated rings. The number of benzene rings is 2. The predicted octanol–water partition coefficient (Wildman–Crippen LogP) is 3.29. The van der Waals surface area contributed by atoms with E-state index in [1.165, 1.54) is 0 Å². The third-order valence-electron chi connectivity index (χ3n) is 5.18. The second-order valence-electron chi connectivity index (χ2n) is 7.16. The van der Waals surface area contributed by atoms with E-state index < -0.39 is 29.6 Å². The smallest absolute Gasteiger partial charge is 0.378 e. The molecule has 0 bridgehead atoms. The summed E-state index contributed by atoms with van der Waals surface area (Å²) in [4.78, 5) is 28.2. The third kappa shape index (κ3) is 4.11. The Bertz CT molecular complexity index is 923. The molecule has 0 radical (unpaired) electrons. The van der Waals surface area contributed by atoms with Crippen LogP contribution in [-0.4, -0.2) is 44.2 Å². The van der Waals surface area contributed by atoms with Crippen molar-refractivity contribution in [3.05, 3.63) is 54.1 Å². The number of ether oxygens (including phenoxy) is 1. The topological polar surface area (TPSA) is 61.9 Å². The maximum absolute atomic E-state index is 12.7. The second-order valence-corrected chi connectivity index (χ2v) is 7.16. The van der Waals surface area contributed by atoms with Gasteiger partial charge in [-0.1, -0.05) is 0 Å². The van der Waals surface area contributed by atoms with Crippen LogP contribution in [0.4, 0.5) is 30.2 Å². The van der Waals surface area contributed by atoms with Crippen molar-refractivity contribution in [3.8, 4) is 0 Å². The summed E-state index contributed by atoms with van der Waals surface area (Å²) in [6.07, 6.45) is -4.54. The van der Waals surface area contributed by atoms with Crippen molar-refractivity contribution in [2.75, 3.05) is 41.4 Å². The largest absolute Gasteiger partial charge is 0.416 e. The summed E-state index contributed by atoms with van der Waals surface area (Å²) in [5.41, 5.74) is 1.03. The average molecular weight is 419 g/mol. The van der Waals surface area contributed by atoms with Crippen LogP contribution in [0.5, 0.6) is 0 Å². The molecule has 4 rings (SSSR count). The SMILES string of the molecule is O=C1CC(Nc2ccc(N3CCOCC3)cc2)C(=O)N1c1ccc(C(F)(F)F)cc1. The zero-order valence-electron chi connectivity index (χ0n) is 16.0. The van der Waals surface area contributed by atoms with E-state index in [1.54, 1.807) is 0 Å². The number of nitrogens with one attached hydrogen (secondary N) is 1. The number of alkyl halides is 3. The van der Waals surface area contributed by atoms with Crippen LogP contribution >= 0.6 is 0 Å². The molecule has 2 aromatic rings. The van der Waals surface area contributed by atoms with Crippen LogP contribution in [0.25, 0.3) is 0 Å². The number of hydrogen-bond donors (Lipinski definition) is 1. The van der Waals surface area contributed by atoms with Crippen LogP contribution in [0.3, 0.4) is 0 Å². The molecular weight excluding hydrogens is 399 g/mol. The Labute approximate surface area is 171 Å². The fraction of sp³-hybridized carbons (Fsp3) is 0.333. The number of anilines is 3. The first-order valence-electron chi connectivity index (χ1n) is 9.56. The lowest BCUT2D eigenvalue weighted by molar-refractivity contribution is -0.137. The Morgan fingerprint density at radius 1 is 0.900 bits per heavy atom. The van der Waals surface area contributed by atoms with E-state index in [4.69, 9.17) is 4.74 Å². The number of rotatable bonds is 4. The molecule has 158 valence electrons. The number of hydrogen-bond acceptors (Lipinski definition) is 5. The van der Waals surface area contributed by atoms with Gasteiger partial charge in [-0.2, -0.15) is 13.2 Å². The van der Waals surface area contributed by atoms with Gasteiger partial charge < -0.3 is 15.0 Å². The van der Waals surface area contributed by atoms with Gasteiger partial charge in [0.2, 0.25) is 5.91 Å². The van der Waals surface area contributed by atoms with E-state index in [2.05, 4.69) is 10.2 Å². The van der Waals surface area contributed by atoms with Gasteiger partial charge >= 0.3 is 6.18 Å². The molecule has 1 atom stereocenters. The van der Waals surface area contributed by atoms with Gasteiger partial charge in [0.15, 0.2) is 0 Å². The number of imide groups is 1. The summed E-state index contributed by atoms with van der Waals surface area (Å²) >= 11 is 0. The van der Waals surface area contributed by atoms with Gasteiger partial charge in [0.1, 0.15) is 6.04 Å². The molecule has 2 aliphatic heterocycles. The fourth-order valence-electron chi connectivity index (χ4n) is 3.61. The Morgan fingerprint density at radius 3 is 2.10 bits per heavy atom. The molecule has 1 unspecified atom stereocenters. The lowest BCUT2D eigenvalue weighted by Crippen LogP contribution is -2.36. The second kappa shape index (κ2) is 7.98. The molecule has 2 aliphatic rings. The predicted molar refractivity (Wildman–Crippen MR) is 105 cm³/mol. The minimum Gasteiger partial charge on any atom is -0.378 e. The summed E-state index contributed by atoms with van der Waals surface area (Å²) in [7, 11) is 0. The molecule has 9 heteroatoms. The van der Waals surface area contributed by atoms with Crippen molar-refractivity contribution in [3.63, 3.8) is 0 Å². The van der Waals surface area contributed by atoms with E-state index in [0.717, 1.165) is 47.9 Å². The van der Waals surface area contributed by atoms with Gasteiger partial charge in [0.05, 0.1) is 30.9 Å². The number of nitrogens with zero attached hydrogens (tertiary/aromatic N) is 2. The number of carbonyl (C=O) groups is 2. The van der Waals surface area contributed by atoms with E-state index in [0.29, 0.717) is 18.9 Å². The highest BCUT2D eigenvalue weighted by atomic mass is 19.4. The van der Waals surface area contributed by atoms with E-state index in [1.807, 2.05) is 24.3 Å². The Balaban J connectivity index is 1.44. The molecule has 0 aromatic heterocycles. The van der Waals surface area contributed by atoms with Crippen LogP contribution in [0.1, 0.15) is 12.0 Å². The third-order valence-corrected chi connectivity index (χ3v) is 5.18. The summed E-state index contributed by atoms with van der Waals surface area (Å²) in [5, 5.41) is 3.05. The zero-order chi connectivity index (χ0) is 21.3. The highest BCUT2D eigenvalue weighted by molar-refractivity contribution is 6.23. The van der Waals surface area contributed by atoms with E-state index >= 15 is 0 Å². The summed E-state index contributed by atoms with van der Waals surface area (Å²) < 4.78 is 43.5. The van der Waals surface area contributed by atoms with Crippen molar-refractivity contribution in [1.29, 1.82) is 0 Å². The molecule has 1 N–H and O–H groups in total. The maximum atomic E-state index is 12.7. The van der Waals surface area contributed by atoms with Crippen LogP contribution in [-0.2, 0) is 20.5 Å². The highest BCUT2D eigenvalue weighted by Gasteiger charge is 2.40. The van der Waals surface area contributed by atoms with Gasteiger partial charge in [-0.15, -0.1) is 0 Å². The van der Waals surface area contributed by atoms with Crippen LogP contribution in [0, 0.1) is 0 Å². The van der Waals surface area contributed by atoms with Crippen molar-refractivity contribution in [2.24, 2.45) is 0 Å². The van der Waals surface area contributed by atoms with Gasteiger partial charge in [0, 0.05) is 24.5 Å². The molecule has 0 spiro atoms. The average Bonchev–Trinajstić information content (AvgIpc) is 3.01. The Morgan fingerprint density at radius 2 is 1.50 bits per heavy atom. The minimum absolute atomic E-state index is 0.0644. The molecule has 2 heterocycles. The zero-order valence-corrected chi connectivity index (χ0v) is 16.0. The number of carbonyl (C=O) groups excluding carboxylic acids is 2. The number of morpholine rings is 1. The molecular formula is C21H20F3N3O3.